The quantitative estimate of drug-likeness (QED) is 0.842. The fourth-order valence-electron chi connectivity index (χ4n) is 1.88. The van der Waals surface area contributed by atoms with Crippen LogP contribution in [0.2, 0.25) is 5.02 Å². The summed E-state index contributed by atoms with van der Waals surface area (Å²) >= 11 is 5.68. The van der Waals surface area contributed by atoms with E-state index in [0.717, 1.165) is 12.1 Å². The number of hydrogen-bond donors (Lipinski definition) is 1. The third-order valence-corrected chi connectivity index (χ3v) is 5.20. The SMILES string of the molecule is N#CCC(=O)Nc1ccc(S(=O)(=O)c2ncc(C(F)(F)F)cc2Cl)cc1. The van der Waals surface area contributed by atoms with Crippen LogP contribution in [0.15, 0.2) is 46.5 Å². The molecule has 0 bridgehead atoms. The summed E-state index contributed by atoms with van der Waals surface area (Å²) in [4.78, 5) is 14.4. The molecule has 0 aliphatic rings. The van der Waals surface area contributed by atoms with Gasteiger partial charge in [-0.15, -0.1) is 0 Å². The fourth-order valence-corrected chi connectivity index (χ4v) is 3.58. The smallest absolute Gasteiger partial charge is 0.325 e. The summed E-state index contributed by atoms with van der Waals surface area (Å²) in [5.74, 6) is -0.574. The highest BCUT2D eigenvalue weighted by atomic mass is 35.5. The van der Waals surface area contributed by atoms with Gasteiger partial charge < -0.3 is 5.32 Å². The van der Waals surface area contributed by atoms with E-state index in [2.05, 4.69) is 10.3 Å². The molecule has 6 nitrogen and oxygen atoms in total. The van der Waals surface area contributed by atoms with Gasteiger partial charge in [0.05, 0.1) is 21.6 Å². The van der Waals surface area contributed by atoms with Crippen molar-refractivity contribution in [3.05, 3.63) is 47.1 Å². The topological polar surface area (TPSA) is 99.9 Å². The number of pyridine rings is 1. The third kappa shape index (κ3) is 4.30. The van der Waals surface area contributed by atoms with Crippen LogP contribution < -0.4 is 5.32 Å². The van der Waals surface area contributed by atoms with Crippen molar-refractivity contribution in [2.24, 2.45) is 0 Å². The molecule has 136 valence electrons. The zero-order valence-electron chi connectivity index (χ0n) is 12.7. The van der Waals surface area contributed by atoms with E-state index in [0.29, 0.717) is 12.3 Å². The number of anilines is 1. The molecule has 1 heterocycles. The molecule has 0 fully saturated rings. The minimum atomic E-state index is -4.71. The Bertz CT molecular complexity index is 984. The Balaban J connectivity index is 2.33. The number of nitriles is 1. The van der Waals surface area contributed by atoms with Gasteiger partial charge >= 0.3 is 6.18 Å². The van der Waals surface area contributed by atoms with E-state index in [1.807, 2.05) is 0 Å². The number of rotatable bonds is 4. The van der Waals surface area contributed by atoms with E-state index in [-0.39, 0.29) is 17.0 Å². The van der Waals surface area contributed by atoms with E-state index in [1.54, 1.807) is 6.07 Å². The molecule has 11 heteroatoms. The molecular weight excluding hydrogens is 395 g/mol. The molecule has 0 saturated carbocycles. The normalized spacial score (nSPS) is 11.7. The molecule has 1 aromatic carbocycles. The second kappa shape index (κ2) is 7.31. The first-order valence-corrected chi connectivity index (χ1v) is 8.66. The Labute approximate surface area is 151 Å². The van der Waals surface area contributed by atoms with Crippen molar-refractivity contribution in [1.82, 2.24) is 4.98 Å². The zero-order valence-corrected chi connectivity index (χ0v) is 14.3. The van der Waals surface area contributed by atoms with Crippen molar-refractivity contribution in [2.45, 2.75) is 22.5 Å². The average Bonchev–Trinajstić information content (AvgIpc) is 2.54. The number of benzene rings is 1. The molecule has 1 aromatic heterocycles. The monoisotopic (exact) mass is 403 g/mol. The Morgan fingerprint density at radius 3 is 2.38 bits per heavy atom. The molecule has 1 amide bonds. The van der Waals surface area contributed by atoms with Gasteiger partial charge in [0.2, 0.25) is 15.7 Å². The second-order valence-corrected chi connectivity index (χ2v) is 7.19. The van der Waals surface area contributed by atoms with Crippen LogP contribution in [0.5, 0.6) is 0 Å². The summed E-state index contributed by atoms with van der Waals surface area (Å²) in [5, 5.41) is 9.41. The lowest BCUT2D eigenvalue weighted by atomic mass is 10.3. The van der Waals surface area contributed by atoms with Gasteiger partial charge in [-0.25, -0.2) is 13.4 Å². The molecule has 0 aliphatic carbocycles. The molecule has 0 radical (unpaired) electrons. The lowest BCUT2D eigenvalue weighted by molar-refractivity contribution is -0.137. The average molecular weight is 404 g/mol. The highest BCUT2D eigenvalue weighted by Gasteiger charge is 2.33. The van der Waals surface area contributed by atoms with Crippen molar-refractivity contribution in [3.63, 3.8) is 0 Å². The van der Waals surface area contributed by atoms with Gasteiger partial charge in [0, 0.05) is 11.9 Å². The van der Waals surface area contributed by atoms with Crippen molar-refractivity contribution in [1.29, 1.82) is 5.26 Å². The molecular formula is C15H9ClF3N3O3S. The number of carbonyl (C=O) groups is 1. The van der Waals surface area contributed by atoms with E-state index < -0.39 is 37.5 Å². The van der Waals surface area contributed by atoms with Gasteiger partial charge in [-0.05, 0) is 30.3 Å². The van der Waals surface area contributed by atoms with Gasteiger partial charge in [0.15, 0.2) is 5.03 Å². The molecule has 1 N–H and O–H groups in total. The van der Waals surface area contributed by atoms with Gasteiger partial charge in [-0.1, -0.05) is 11.6 Å². The van der Waals surface area contributed by atoms with Gasteiger partial charge in [-0.3, -0.25) is 4.79 Å². The molecule has 0 spiro atoms. The lowest BCUT2D eigenvalue weighted by Crippen LogP contribution is -2.11. The maximum atomic E-state index is 12.6. The number of sulfone groups is 1. The number of carbonyl (C=O) groups excluding carboxylic acids is 1. The van der Waals surface area contributed by atoms with E-state index in [1.165, 1.54) is 12.1 Å². The van der Waals surface area contributed by atoms with Crippen LogP contribution >= 0.6 is 11.6 Å². The van der Waals surface area contributed by atoms with Crippen molar-refractivity contribution in [3.8, 4) is 6.07 Å². The number of hydrogen-bond acceptors (Lipinski definition) is 5. The second-order valence-electron chi connectivity index (χ2n) is 4.92. The largest absolute Gasteiger partial charge is 0.417 e. The molecule has 0 unspecified atom stereocenters. The first-order valence-electron chi connectivity index (χ1n) is 6.80. The molecule has 0 saturated heterocycles. The predicted octanol–water partition coefficient (Wildman–Crippen LogP) is 3.44. The Morgan fingerprint density at radius 2 is 1.88 bits per heavy atom. The lowest BCUT2D eigenvalue weighted by Gasteiger charge is -2.10. The molecule has 26 heavy (non-hydrogen) atoms. The highest BCUT2D eigenvalue weighted by Crippen LogP contribution is 2.33. The molecule has 2 aromatic rings. The summed E-state index contributed by atoms with van der Waals surface area (Å²) < 4.78 is 62.8. The Morgan fingerprint density at radius 1 is 1.27 bits per heavy atom. The summed E-state index contributed by atoms with van der Waals surface area (Å²) in [6, 6.07) is 6.93. The van der Waals surface area contributed by atoms with Crippen LogP contribution in [0, 0.1) is 11.3 Å². The molecule has 0 aliphatic heterocycles. The van der Waals surface area contributed by atoms with E-state index in [9.17, 15) is 26.4 Å². The van der Waals surface area contributed by atoms with Crippen LogP contribution in [0.4, 0.5) is 18.9 Å². The van der Waals surface area contributed by atoms with Crippen LogP contribution in [-0.2, 0) is 20.8 Å². The van der Waals surface area contributed by atoms with Gasteiger partial charge in [-0.2, -0.15) is 18.4 Å². The number of nitrogens with zero attached hydrogens (tertiary/aromatic N) is 2. The van der Waals surface area contributed by atoms with Crippen molar-refractivity contribution < 1.29 is 26.4 Å². The number of halogens is 4. The van der Waals surface area contributed by atoms with Crippen LogP contribution in [-0.4, -0.2) is 19.3 Å². The molecule has 2 rings (SSSR count). The number of alkyl halides is 3. The Hall–Kier alpha value is -2.64. The van der Waals surface area contributed by atoms with Crippen LogP contribution in [0.25, 0.3) is 0 Å². The van der Waals surface area contributed by atoms with E-state index >= 15 is 0 Å². The maximum absolute atomic E-state index is 12.6. The first-order chi connectivity index (χ1) is 12.1. The van der Waals surface area contributed by atoms with Crippen molar-refractivity contribution >= 4 is 33.0 Å². The van der Waals surface area contributed by atoms with E-state index in [4.69, 9.17) is 16.9 Å². The number of amides is 1. The van der Waals surface area contributed by atoms with Crippen LogP contribution in [0.1, 0.15) is 12.0 Å². The standard InChI is InChI=1S/C15H9ClF3N3O3S/c16-12-7-9(15(17,18)19)8-21-14(12)26(24,25)11-3-1-10(2-4-11)22-13(23)5-6-20/h1-4,7-8H,5H2,(H,22,23). The summed E-state index contributed by atoms with van der Waals surface area (Å²) in [6.45, 7) is 0. The third-order valence-electron chi connectivity index (χ3n) is 3.08. The summed E-state index contributed by atoms with van der Waals surface area (Å²) in [6.07, 6.45) is -4.69. The number of aromatic nitrogens is 1. The summed E-state index contributed by atoms with van der Waals surface area (Å²) in [5.41, 5.74) is -0.923. The first kappa shape index (κ1) is 19.7. The predicted molar refractivity (Wildman–Crippen MR) is 85.0 cm³/mol. The van der Waals surface area contributed by atoms with Crippen LogP contribution in [0.3, 0.4) is 0 Å². The molecule has 0 atom stereocenters. The van der Waals surface area contributed by atoms with Gasteiger partial charge in [0.1, 0.15) is 6.42 Å². The maximum Gasteiger partial charge on any atom is 0.417 e. The Kier molecular flexibility index (Phi) is 5.53. The van der Waals surface area contributed by atoms with Gasteiger partial charge in [0.25, 0.3) is 0 Å². The minimum Gasteiger partial charge on any atom is -0.325 e. The zero-order chi connectivity index (χ0) is 19.5. The van der Waals surface area contributed by atoms with Crippen molar-refractivity contribution in [2.75, 3.05) is 5.32 Å². The fraction of sp³-hybridized carbons (Fsp3) is 0.133. The highest BCUT2D eigenvalue weighted by molar-refractivity contribution is 7.91. The number of nitrogens with one attached hydrogen (secondary N) is 1. The minimum absolute atomic E-state index is 0.246. The summed E-state index contributed by atoms with van der Waals surface area (Å²) in [7, 11) is -4.26.